The van der Waals surface area contributed by atoms with Gasteiger partial charge in [-0.25, -0.2) is 9.97 Å². The summed E-state index contributed by atoms with van der Waals surface area (Å²) in [6.07, 6.45) is 7.75. The van der Waals surface area contributed by atoms with Gasteiger partial charge in [0, 0.05) is 43.3 Å². The second-order valence-electron chi connectivity index (χ2n) is 8.79. The van der Waals surface area contributed by atoms with Crippen molar-refractivity contribution in [3.63, 3.8) is 0 Å². The largest absolute Gasteiger partial charge is 0.353 e. The Bertz CT molecular complexity index is 1060. The molecule has 0 atom stereocenters. The highest BCUT2D eigenvalue weighted by Crippen LogP contribution is 2.29. The number of aryl methyl sites for hydroxylation is 1. The van der Waals surface area contributed by atoms with Crippen LogP contribution in [0.15, 0.2) is 55.0 Å². The molecule has 166 valence electrons. The lowest BCUT2D eigenvalue weighted by molar-refractivity contribution is -0.121. The Morgan fingerprint density at radius 2 is 1.84 bits per heavy atom. The van der Waals surface area contributed by atoms with Crippen molar-refractivity contribution in [2.45, 2.75) is 52.0 Å². The minimum absolute atomic E-state index is 0.0952. The number of benzene rings is 1. The number of piperidine rings is 1. The molecule has 0 saturated carbocycles. The van der Waals surface area contributed by atoms with Gasteiger partial charge in [-0.05, 0) is 54.5 Å². The number of aromatic nitrogens is 3. The number of hydrogen-bond acceptors (Lipinski definition) is 5. The van der Waals surface area contributed by atoms with Crippen molar-refractivity contribution in [1.29, 1.82) is 0 Å². The molecule has 6 nitrogen and oxygen atoms in total. The molecule has 32 heavy (non-hydrogen) atoms. The van der Waals surface area contributed by atoms with E-state index < -0.39 is 0 Å². The molecule has 1 saturated heterocycles. The Morgan fingerprint density at radius 1 is 1.12 bits per heavy atom. The molecule has 3 heterocycles. The molecule has 1 N–H and O–H groups in total. The third-order valence-corrected chi connectivity index (χ3v) is 6.10. The van der Waals surface area contributed by atoms with Crippen LogP contribution < -0.4 is 10.2 Å². The van der Waals surface area contributed by atoms with Gasteiger partial charge in [0.05, 0.1) is 12.1 Å². The summed E-state index contributed by atoms with van der Waals surface area (Å²) in [4.78, 5) is 28.5. The Labute approximate surface area is 190 Å². The number of anilines is 1. The van der Waals surface area contributed by atoms with Crippen molar-refractivity contribution in [1.82, 2.24) is 20.3 Å². The predicted molar refractivity (Wildman–Crippen MR) is 128 cm³/mol. The fraction of sp³-hybridized carbons (Fsp3) is 0.385. The number of hydrogen-bond donors (Lipinski definition) is 1. The molecule has 1 fully saturated rings. The maximum absolute atomic E-state index is 12.5. The summed E-state index contributed by atoms with van der Waals surface area (Å²) in [5.41, 5.74) is 5.45. The molecule has 1 aliphatic rings. The van der Waals surface area contributed by atoms with Gasteiger partial charge < -0.3 is 10.2 Å². The third kappa shape index (κ3) is 5.13. The molecule has 0 aliphatic carbocycles. The fourth-order valence-corrected chi connectivity index (χ4v) is 4.22. The van der Waals surface area contributed by atoms with E-state index in [0.717, 1.165) is 59.8 Å². The van der Waals surface area contributed by atoms with Crippen LogP contribution in [0, 0.1) is 6.92 Å². The van der Waals surface area contributed by atoms with E-state index in [4.69, 9.17) is 4.98 Å². The second kappa shape index (κ2) is 9.90. The monoisotopic (exact) mass is 429 g/mol. The molecule has 0 unspecified atom stereocenters. The molecular weight excluding hydrogens is 398 g/mol. The number of carbonyl (C=O) groups is 1. The van der Waals surface area contributed by atoms with E-state index in [9.17, 15) is 4.79 Å². The van der Waals surface area contributed by atoms with Crippen molar-refractivity contribution in [3.05, 3.63) is 71.8 Å². The number of rotatable bonds is 6. The quantitative estimate of drug-likeness (QED) is 0.633. The van der Waals surface area contributed by atoms with E-state index in [2.05, 4.69) is 34.0 Å². The molecule has 1 aromatic carbocycles. The minimum Gasteiger partial charge on any atom is -0.353 e. The van der Waals surface area contributed by atoms with Crippen LogP contribution in [0.4, 0.5) is 5.95 Å². The average molecular weight is 430 g/mol. The maximum Gasteiger partial charge on any atom is 0.225 e. The maximum atomic E-state index is 12.5. The highest BCUT2D eigenvalue weighted by molar-refractivity contribution is 5.79. The van der Waals surface area contributed by atoms with E-state index in [-0.39, 0.29) is 17.9 Å². The van der Waals surface area contributed by atoms with E-state index >= 15 is 0 Å². The third-order valence-electron chi connectivity index (χ3n) is 6.10. The van der Waals surface area contributed by atoms with Gasteiger partial charge in [-0.3, -0.25) is 9.78 Å². The van der Waals surface area contributed by atoms with E-state index in [1.54, 1.807) is 12.4 Å². The fourth-order valence-electron chi connectivity index (χ4n) is 4.22. The Kier molecular flexibility index (Phi) is 6.78. The standard InChI is InChI=1S/C26H31N5O/c1-18(2)25-23(20-8-12-27-13-9-20)17-28-26(30-25)31-14-10-22(11-15-31)29-24(32)16-21-7-5-4-6-19(21)3/h4-9,12-13,17-18,22H,10-11,14-16H2,1-3H3,(H,29,32). The molecule has 4 rings (SSSR count). The number of pyridine rings is 1. The first-order valence-electron chi connectivity index (χ1n) is 11.4. The molecule has 0 bridgehead atoms. The van der Waals surface area contributed by atoms with E-state index in [1.807, 2.05) is 49.5 Å². The average Bonchev–Trinajstić information content (AvgIpc) is 2.81. The first-order valence-corrected chi connectivity index (χ1v) is 11.4. The van der Waals surface area contributed by atoms with Crippen LogP contribution in [0.25, 0.3) is 11.1 Å². The molecule has 1 amide bonds. The molecule has 6 heteroatoms. The van der Waals surface area contributed by atoms with Crippen molar-refractivity contribution in [2.75, 3.05) is 18.0 Å². The lowest BCUT2D eigenvalue weighted by atomic mass is 10.00. The summed E-state index contributed by atoms with van der Waals surface area (Å²) in [6.45, 7) is 8.04. The van der Waals surface area contributed by atoms with Gasteiger partial charge in [0.15, 0.2) is 0 Å². The van der Waals surface area contributed by atoms with Crippen LogP contribution in [0.5, 0.6) is 0 Å². The first-order chi connectivity index (χ1) is 15.5. The number of nitrogens with one attached hydrogen (secondary N) is 1. The van der Waals surface area contributed by atoms with Crippen molar-refractivity contribution in [3.8, 4) is 11.1 Å². The van der Waals surface area contributed by atoms with Gasteiger partial charge in [0.1, 0.15) is 0 Å². The van der Waals surface area contributed by atoms with Gasteiger partial charge in [-0.15, -0.1) is 0 Å². The SMILES string of the molecule is Cc1ccccc1CC(=O)NC1CCN(c2ncc(-c3ccncc3)c(C(C)C)n2)CC1. The van der Waals surface area contributed by atoms with Crippen LogP contribution in [0.3, 0.4) is 0 Å². The van der Waals surface area contributed by atoms with Crippen LogP contribution in [0.2, 0.25) is 0 Å². The summed E-state index contributed by atoms with van der Waals surface area (Å²) < 4.78 is 0. The lowest BCUT2D eigenvalue weighted by Gasteiger charge is -2.33. The van der Waals surface area contributed by atoms with E-state index in [1.165, 1.54) is 0 Å². The Hall–Kier alpha value is -3.28. The van der Waals surface area contributed by atoms with Gasteiger partial charge in [-0.2, -0.15) is 0 Å². The molecule has 3 aromatic rings. The van der Waals surface area contributed by atoms with Crippen LogP contribution in [-0.4, -0.2) is 40.0 Å². The van der Waals surface area contributed by atoms with Crippen molar-refractivity contribution >= 4 is 11.9 Å². The molecule has 0 spiro atoms. The normalized spacial score (nSPS) is 14.6. The number of carbonyl (C=O) groups excluding carboxylic acids is 1. The topological polar surface area (TPSA) is 71.0 Å². The van der Waals surface area contributed by atoms with Gasteiger partial charge in [-0.1, -0.05) is 38.1 Å². The Balaban J connectivity index is 1.38. The summed E-state index contributed by atoms with van der Waals surface area (Å²) in [6, 6.07) is 12.2. The molecular formula is C26H31N5O. The molecule has 2 aromatic heterocycles. The van der Waals surface area contributed by atoms with Crippen LogP contribution in [0.1, 0.15) is 49.4 Å². The zero-order valence-electron chi connectivity index (χ0n) is 19.1. The Morgan fingerprint density at radius 3 is 2.53 bits per heavy atom. The minimum atomic E-state index is 0.0952. The van der Waals surface area contributed by atoms with Crippen LogP contribution in [-0.2, 0) is 11.2 Å². The van der Waals surface area contributed by atoms with Gasteiger partial charge in [0.2, 0.25) is 11.9 Å². The molecule has 0 radical (unpaired) electrons. The lowest BCUT2D eigenvalue weighted by Crippen LogP contribution is -2.45. The highest BCUT2D eigenvalue weighted by atomic mass is 16.1. The second-order valence-corrected chi connectivity index (χ2v) is 8.79. The van der Waals surface area contributed by atoms with Crippen LogP contribution >= 0.6 is 0 Å². The zero-order chi connectivity index (χ0) is 22.5. The number of nitrogens with zero attached hydrogens (tertiary/aromatic N) is 4. The highest BCUT2D eigenvalue weighted by Gasteiger charge is 2.23. The summed E-state index contributed by atoms with van der Waals surface area (Å²) in [5.74, 6) is 1.16. The smallest absolute Gasteiger partial charge is 0.225 e. The van der Waals surface area contributed by atoms with Gasteiger partial charge in [0.25, 0.3) is 0 Å². The summed E-state index contributed by atoms with van der Waals surface area (Å²) in [7, 11) is 0. The summed E-state index contributed by atoms with van der Waals surface area (Å²) >= 11 is 0. The predicted octanol–water partition coefficient (Wildman–Crippen LogP) is 4.30. The zero-order valence-corrected chi connectivity index (χ0v) is 19.1. The number of amides is 1. The molecule has 1 aliphatic heterocycles. The van der Waals surface area contributed by atoms with Crippen molar-refractivity contribution < 1.29 is 4.79 Å². The summed E-state index contributed by atoms with van der Waals surface area (Å²) in [5, 5.41) is 3.21. The van der Waals surface area contributed by atoms with E-state index in [0.29, 0.717) is 6.42 Å². The van der Waals surface area contributed by atoms with Crippen molar-refractivity contribution in [2.24, 2.45) is 0 Å². The first kappa shape index (κ1) is 21.9. The van der Waals surface area contributed by atoms with Gasteiger partial charge >= 0.3 is 0 Å².